The number of aliphatic carboxylic acids is 1. The Hall–Kier alpha value is -0.570. The van der Waals surface area contributed by atoms with E-state index in [1.807, 2.05) is 0 Å². The van der Waals surface area contributed by atoms with Crippen molar-refractivity contribution in [3.63, 3.8) is 0 Å². The molecule has 3 N–H and O–H groups in total. The van der Waals surface area contributed by atoms with E-state index in [2.05, 4.69) is 0 Å². The zero-order valence-electron chi connectivity index (χ0n) is 10.4. The van der Waals surface area contributed by atoms with Crippen LogP contribution < -0.4 is 5.72 Å². The lowest BCUT2D eigenvalue weighted by atomic mass is 10.1. The molecule has 48 valence electrons. The Morgan fingerprint density at radius 2 is 2.88 bits per heavy atom. The molecule has 0 radical (unpaired) electrons. The van der Waals surface area contributed by atoms with E-state index in [0.29, 0.717) is 0 Å². The predicted octanol–water partition coefficient (Wildman–Crippen LogP) is 0.0543. The summed E-state index contributed by atoms with van der Waals surface area (Å²) in [6.45, 7) is -1.08. The molecule has 0 aromatic carbocycles. The van der Waals surface area contributed by atoms with Crippen molar-refractivity contribution in [2.45, 2.75) is 19.8 Å². The Morgan fingerprint density at radius 3 is 3.00 bits per heavy atom. The van der Waals surface area contributed by atoms with Crippen molar-refractivity contribution < 1.29 is 18.2 Å². The third kappa shape index (κ3) is 1.93. The maximum atomic E-state index is 10.7. The van der Waals surface area contributed by atoms with Gasteiger partial charge in [-0.15, -0.1) is 0 Å². The van der Waals surface area contributed by atoms with Crippen LogP contribution in [0, 0.1) is 5.89 Å². The van der Waals surface area contributed by atoms with E-state index >= 15 is 0 Å². The van der Waals surface area contributed by atoms with Crippen molar-refractivity contribution in [2.75, 3.05) is 0 Å². The smallest absolute Gasteiger partial charge is 0.320 e. The first-order chi connectivity index (χ1) is 6.08. The third-order valence-corrected chi connectivity index (χ3v) is 0.576. The Bertz CT molecular complexity index is 232. The minimum absolute atomic E-state index is 0.474. The fourth-order valence-electron chi connectivity index (χ4n) is 0.169. The molecule has 0 saturated heterocycles. The Kier molecular flexibility index (Phi) is 0.663. The molecule has 0 aromatic rings. The first-order valence-corrected chi connectivity index (χ1v) is 1.94. The predicted molar refractivity (Wildman–Crippen MR) is 30.4 cm³/mol. The first kappa shape index (κ1) is 1.99. The average Bonchev–Trinajstić information content (AvgIpc) is 2.01. The fourth-order valence-corrected chi connectivity index (χ4v) is 0.169. The molecule has 8 heavy (non-hydrogen) atoms. The van der Waals surface area contributed by atoms with E-state index in [0.717, 1.165) is 6.92 Å². The summed E-state index contributed by atoms with van der Waals surface area (Å²) in [6.07, 6.45) is 0. The molecule has 0 aliphatic rings. The summed E-state index contributed by atoms with van der Waals surface area (Å²) in [5, 5.41) is 8.63. The van der Waals surface area contributed by atoms with Gasteiger partial charge >= 0.3 is 5.97 Å². The van der Waals surface area contributed by atoms with Gasteiger partial charge in [0, 0.05) is 4.11 Å². The average molecular weight is 123 g/mol. The summed E-state index contributed by atoms with van der Waals surface area (Å²) in [5.41, 5.74) is -0.474. The maximum absolute atomic E-state index is 10.7. The van der Waals surface area contributed by atoms with Crippen molar-refractivity contribution in [1.29, 1.82) is 0 Å². The monoisotopic (exact) mass is 123 g/mol. The second-order valence-corrected chi connectivity index (χ2v) is 1.34. The van der Waals surface area contributed by atoms with E-state index in [1.54, 1.807) is 0 Å². The van der Waals surface area contributed by atoms with Gasteiger partial charge < -0.3 is 10.8 Å². The Balaban J connectivity index is 5.32. The minimum atomic E-state index is -2.96. The zero-order valence-corrected chi connectivity index (χ0v) is 4.38. The van der Waals surface area contributed by atoms with Gasteiger partial charge in [-0.2, -0.15) is 0 Å². The molecule has 0 spiro atoms. The van der Waals surface area contributed by atoms with Crippen LogP contribution in [0.15, 0.2) is 0 Å². The number of carboxylic acids is 1. The molecule has 3 nitrogen and oxygen atoms in total. The second-order valence-electron chi connectivity index (χ2n) is 1.34. The topological polar surface area (TPSA) is 63.3 Å². The van der Waals surface area contributed by atoms with Crippen LogP contribution in [0.1, 0.15) is 19.3 Å². The molecule has 0 aliphatic carbocycles. The van der Waals surface area contributed by atoms with E-state index < -0.39 is 30.5 Å². The quantitative estimate of drug-likeness (QED) is 0.557. The lowest BCUT2D eigenvalue weighted by molar-refractivity contribution is -0.139. The van der Waals surface area contributed by atoms with E-state index in [-0.39, 0.29) is 0 Å². The van der Waals surface area contributed by atoms with Crippen LogP contribution >= 0.6 is 0 Å². The van der Waals surface area contributed by atoms with Crippen LogP contribution in [-0.4, -0.2) is 17.1 Å². The molecule has 0 fully saturated rings. The summed E-state index contributed by atoms with van der Waals surface area (Å²) in [6, 6.07) is -2.96. The van der Waals surface area contributed by atoms with Gasteiger partial charge in [-0.3, -0.25) is 4.79 Å². The van der Waals surface area contributed by atoms with Crippen LogP contribution in [0.4, 0.5) is 0 Å². The van der Waals surface area contributed by atoms with Gasteiger partial charge in [0.25, 0.3) is 0 Å². The maximum Gasteiger partial charge on any atom is 0.320 e. The van der Waals surface area contributed by atoms with Gasteiger partial charge in [-0.1, -0.05) is 13.8 Å². The second kappa shape index (κ2) is 2.67. The van der Waals surface area contributed by atoms with Gasteiger partial charge in [-0.05, 0) is 5.89 Å². The van der Waals surface area contributed by atoms with Crippen LogP contribution in [-0.2, 0) is 4.79 Å². The molecule has 1 unspecified atom stereocenters. The van der Waals surface area contributed by atoms with Crippen molar-refractivity contribution in [1.82, 2.24) is 0 Å². The molecular formula is C5H11NO2. The normalized spacial score (nSPS) is 36.9. The van der Waals surface area contributed by atoms with Gasteiger partial charge in [0.15, 0.2) is 0 Å². The largest absolute Gasteiger partial charge is 0.480 e. The van der Waals surface area contributed by atoms with Crippen molar-refractivity contribution in [3.8, 4) is 0 Å². The molecule has 0 rings (SSSR count). The highest BCUT2D eigenvalue weighted by molar-refractivity contribution is 5.73. The van der Waals surface area contributed by atoms with Crippen molar-refractivity contribution in [3.05, 3.63) is 0 Å². The number of nitrogens with two attached hydrogens (primary N) is 1. The summed E-state index contributed by atoms with van der Waals surface area (Å²) in [7, 11) is 0. The number of hydrogen-bond donors (Lipinski definition) is 2. The fraction of sp³-hybridized carbons (Fsp3) is 0.800. The number of rotatable bonds is 3. The van der Waals surface area contributed by atoms with Crippen molar-refractivity contribution in [2.24, 2.45) is 11.6 Å². The van der Waals surface area contributed by atoms with Crippen LogP contribution in [0.3, 0.4) is 0 Å². The lowest BCUT2D eigenvalue weighted by Gasteiger charge is -2.07. The SMILES string of the molecule is [2H]C([2H])C([2H])(C)[C@@]([2H])(C(=O)O)N([2H])[2H]. The third-order valence-electron chi connectivity index (χ3n) is 0.576. The highest BCUT2D eigenvalue weighted by atomic mass is 16.4. The summed E-state index contributed by atoms with van der Waals surface area (Å²) >= 11 is 0. The lowest BCUT2D eigenvalue weighted by Crippen LogP contribution is -2.34. The molecule has 0 saturated carbocycles. The summed E-state index contributed by atoms with van der Waals surface area (Å²) < 4.78 is 42.0. The van der Waals surface area contributed by atoms with Gasteiger partial charge in [0.2, 0.25) is 0 Å². The van der Waals surface area contributed by atoms with E-state index in [4.69, 9.17) is 13.4 Å². The minimum Gasteiger partial charge on any atom is -0.480 e. The number of carbonyl (C=O) groups is 1. The molecule has 3 heteroatoms. The molecule has 0 heterocycles. The molecule has 0 amide bonds. The summed E-state index contributed by atoms with van der Waals surface area (Å²) in [5.74, 6) is -4.30. The van der Waals surface area contributed by atoms with Gasteiger partial charge in [-0.25, -0.2) is 0 Å². The standard InChI is InChI=1S/C5H11NO2/c1-3(2)4(6)5(7)8/h3-4H,6H2,1-2H3,(H,7,8)/t4-/m0/s1/i1D2,3D,4D/hD2/t3?,4-. The molecular weight excluding hydrogens is 106 g/mol. The highest BCUT2D eigenvalue weighted by Gasteiger charge is 2.14. The van der Waals surface area contributed by atoms with Gasteiger partial charge in [0.05, 0.1) is 1.37 Å². The van der Waals surface area contributed by atoms with Crippen LogP contribution in [0.5, 0.6) is 0 Å². The Labute approximate surface area is 57.0 Å². The van der Waals surface area contributed by atoms with Crippen LogP contribution in [0.2, 0.25) is 2.82 Å². The van der Waals surface area contributed by atoms with E-state index in [9.17, 15) is 4.79 Å². The molecule has 0 aliphatic heterocycles. The number of carboxylic acid groups (broad SMARTS) is 1. The zero-order chi connectivity index (χ0) is 11.7. The Morgan fingerprint density at radius 1 is 2.25 bits per heavy atom. The highest BCUT2D eigenvalue weighted by Crippen LogP contribution is 1.96. The molecule has 2 atom stereocenters. The van der Waals surface area contributed by atoms with E-state index in [1.165, 1.54) is 0 Å². The number of hydrogen-bond acceptors (Lipinski definition) is 2. The van der Waals surface area contributed by atoms with Crippen molar-refractivity contribution >= 4 is 5.97 Å². The molecule has 0 bridgehead atoms. The molecule has 0 aromatic heterocycles. The van der Waals surface area contributed by atoms with Crippen LogP contribution in [0.25, 0.3) is 0 Å². The first-order valence-electron chi connectivity index (χ1n) is 4.99. The summed E-state index contributed by atoms with van der Waals surface area (Å²) in [4.78, 5) is 10.7. The van der Waals surface area contributed by atoms with Gasteiger partial charge in [0.1, 0.15) is 8.84 Å².